The highest BCUT2D eigenvalue weighted by Gasteiger charge is 2.33. The summed E-state index contributed by atoms with van der Waals surface area (Å²) in [5.41, 5.74) is -0.741. The summed E-state index contributed by atoms with van der Waals surface area (Å²) in [7, 11) is 2.95. The number of rotatable bonds is 6. The van der Waals surface area contributed by atoms with E-state index < -0.39 is 11.6 Å². The van der Waals surface area contributed by atoms with Crippen LogP contribution in [0.2, 0.25) is 5.02 Å². The van der Waals surface area contributed by atoms with E-state index in [0.717, 1.165) is 0 Å². The van der Waals surface area contributed by atoms with Crippen molar-refractivity contribution in [1.82, 2.24) is 4.90 Å². The van der Waals surface area contributed by atoms with Crippen LogP contribution in [-0.4, -0.2) is 36.5 Å². The van der Waals surface area contributed by atoms with Crippen LogP contribution >= 0.6 is 11.6 Å². The van der Waals surface area contributed by atoms with Crippen LogP contribution in [-0.2, 0) is 16.1 Å². The Morgan fingerprint density at radius 1 is 1.23 bits per heavy atom. The first-order valence-electron chi connectivity index (χ1n) is 8.02. The molecule has 1 amide bonds. The summed E-state index contributed by atoms with van der Waals surface area (Å²) in [6.07, 6.45) is 0. The molecule has 2 rings (SSSR count). The van der Waals surface area contributed by atoms with Crippen molar-refractivity contribution in [3.63, 3.8) is 0 Å². The number of furan rings is 1. The topological polar surface area (TPSA) is 69.0 Å². The van der Waals surface area contributed by atoms with Gasteiger partial charge >= 0.3 is 5.97 Å². The van der Waals surface area contributed by atoms with Gasteiger partial charge in [-0.25, -0.2) is 4.79 Å². The molecule has 0 unspecified atom stereocenters. The molecule has 0 aliphatic heterocycles. The van der Waals surface area contributed by atoms with Crippen molar-refractivity contribution < 1.29 is 23.5 Å². The average molecular weight is 380 g/mol. The molecular formula is C19H22ClNO5. The number of hydrogen-bond donors (Lipinski definition) is 0. The predicted octanol–water partition coefficient (Wildman–Crippen LogP) is 3.84. The lowest BCUT2D eigenvalue weighted by Crippen LogP contribution is -2.47. The van der Waals surface area contributed by atoms with Gasteiger partial charge in [-0.3, -0.25) is 4.79 Å². The van der Waals surface area contributed by atoms with Gasteiger partial charge in [0.2, 0.25) is 0 Å². The maximum Gasteiger partial charge on any atom is 0.341 e. The number of methoxy groups -OCH3 is 1. The molecule has 0 fully saturated rings. The molecule has 26 heavy (non-hydrogen) atoms. The standard InChI is InChI=1S/C19H22ClNO5/c1-12-16(17(22)24-5)10-15(25-12)11-21(4)18(23)19(2,3)26-14-8-6-13(20)7-9-14/h6-10H,11H2,1-5H3. The molecule has 0 aliphatic rings. The molecule has 140 valence electrons. The van der Waals surface area contributed by atoms with E-state index in [1.165, 1.54) is 12.0 Å². The zero-order valence-corrected chi connectivity index (χ0v) is 16.2. The molecule has 6 nitrogen and oxygen atoms in total. The van der Waals surface area contributed by atoms with E-state index in [1.54, 1.807) is 58.2 Å². The molecule has 1 aromatic heterocycles. The Kier molecular flexibility index (Phi) is 5.97. The number of halogens is 1. The number of hydrogen-bond acceptors (Lipinski definition) is 5. The van der Waals surface area contributed by atoms with Crippen LogP contribution < -0.4 is 4.74 Å². The minimum Gasteiger partial charge on any atom is -0.478 e. The SMILES string of the molecule is COC(=O)c1cc(CN(C)C(=O)C(C)(C)Oc2ccc(Cl)cc2)oc1C. The van der Waals surface area contributed by atoms with Crippen molar-refractivity contribution in [1.29, 1.82) is 0 Å². The lowest BCUT2D eigenvalue weighted by molar-refractivity contribution is -0.144. The Morgan fingerprint density at radius 3 is 2.42 bits per heavy atom. The largest absolute Gasteiger partial charge is 0.478 e. The lowest BCUT2D eigenvalue weighted by Gasteiger charge is -2.29. The number of amides is 1. The van der Waals surface area contributed by atoms with Crippen molar-refractivity contribution in [2.24, 2.45) is 0 Å². The summed E-state index contributed by atoms with van der Waals surface area (Å²) in [6.45, 7) is 5.25. The Morgan fingerprint density at radius 2 is 1.85 bits per heavy atom. The third kappa shape index (κ3) is 4.58. The van der Waals surface area contributed by atoms with Gasteiger partial charge in [-0.2, -0.15) is 0 Å². The number of carbonyl (C=O) groups is 2. The van der Waals surface area contributed by atoms with Crippen LogP contribution in [0.3, 0.4) is 0 Å². The average Bonchev–Trinajstić information content (AvgIpc) is 2.95. The number of benzene rings is 1. The normalized spacial score (nSPS) is 11.2. The molecule has 0 atom stereocenters. The molecule has 0 saturated carbocycles. The summed E-state index contributed by atoms with van der Waals surface area (Å²) in [6, 6.07) is 8.38. The fourth-order valence-corrected chi connectivity index (χ4v) is 2.67. The fourth-order valence-electron chi connectivity index (χ4n) is 2.54. The zero-order chi connectivity index (χ0) is 19.5. The minimum absolute atomic E-state index is 0.198. The highest BCUT2D eigenvalue weighted by Crippen LogP contribution is 2.23. The quantitative estimate of drug-likeness (QED) is 0.713. The van der Waals surface area contributed by atoms with Gasteiger partial charge in [0.1, 0.15) is 22.8 Å². The third-order valence-corrected chi connectivity index (χ3v) is 4.07. The summed E-state index contributed by atoms with van der Waals surface area (Å²) in [5, 5.41) is 0.591. The van der Waals surface area contributed by atoms with E-state index in [1.807, 2.05) is 0 Å². The van der Waals surface area contributed by atoms with Gasteiger partial charge in [0.25, 0.3) is 5.91 Å². The summed E-state index contributed by atoms with van der Waals surface area (Å²) < 4.78 is 16.1. The first-order chi connectivity index (χ1) is 12.1. The number of ether oxygens (including phenoxy) is 2. The van der Waals surface area contributed by atoms with E-state index >= 15 is 0 Å². The molecule has 1 aromatic carbocycles. The van der Waals surface area contributed by atoms with Crippen LogP contribution in [0, 0.1) is 6.92 Å². The fraction of sp³-hybridized carbons (Fsp3) is 0.368. The first kappa shape index (κ1) is 19.8. The van der Waals surface area contributed by atoms with Gasteiger partial charge in [0.05, 0.1) is 13.7 Å². The maximum atomic E-state index is 12.8. The van der Waals surface area contributed by atoms with Gasteiger partial charge in [-0.1, -0.05) is 11.6 Å². The molecular weight excluding hydrogens is 358 g/mol. The zero-order valence-electron chi connectivity index (χ0n) is 15.5. The summed E-state index contributed by atoms with van der Waals surface area (Å²) in [5.74, 6) is 0.771. The van der Waals surface area contributed by atoms with Gasteiger partial charge in [0, 0.05) is 12.1 Å². The maximum absolute atomic E-state index is 12.8. The molecule has 0 N–H and O–H groups in total. The highest BCUT2D eigenvalue weighted by molar-refractivity contribution is 6.30. The molecule has 7 heteroatoms. The van der Waals surface area contributed by atoms with Crippen molar-refractivity contribution >= 4 is 23.5 Å². The Bertz CT molecular complexity index is 795. The van der Waals surface area contributed by atoms with Crippen LogP contribution in [0.4, 0.5) is 0 Å². The smallest absolute Gasteiger partial charge is 0.341 e. The van der Waals surface area contributed by atoms with Gasteiger partial charge in [-0.05, 0) is 51.1 Å². The van der Waals surface area contributed by atoms with Crippen molar-refractivity contribution in [2.45, 2.75) is 32.9 Å². The number of esters is 1. The number of likely N-dealkylation sites (N-methyl/N-ethyl adjacent to an activating group) is 1. The molecule has 0 aliphatic carbocycles. The van der Waals surface area contributed by atoms with Gasteiger partial charge < -0.3 is 18.8 Å². The molecule has 2 aromatic rings. The van der Waals surface area contributed by atoms with Crippen LogP contribution in [0.5, 0.6) is 5.75 Å². The molecule has 1 heterocycles. The van der Waals surface area contributed by atoms with Gasteiger partial charge in [-0.15, -0.1) is 0 Å². The van der Waals surface area contributed by atoms with Gasteiger partial charge in [0.15, 0.2) is 5.60 Å². The summed E-state index contributed by atoms with van der Waals surface area (Å²) in [4.78, 5) is 25.9. The predicted molar refractivity (Wildman–Crippen MR) is 97.4 cm³/mol. The third-order valence-electron chi connectivity index (χ3n) is 3.82. The highest BCUT2D eigenvalue weighted by atomic mass is 35.5. The van der Waals surface area contributed by atoms with Crippen LogP contribution in [0.15, 0.2) is 34.7 Å². The second kappa shape index (κ2) is 7.83. The second-order valence-electron chi connectivity index (χ2n) is 6.40. The van der Waals surface area contributed by atoms with E-state index in [4.69, 9.17) is 25.5 Å². The van der Waals surface area contributed by atoms with E-state index in [9.17, 15) is 9.59 Å². The Labute approximate surface area is 157 Å². The van der Waals surface area contributed by atoms with E-state index in [-0.39, 0.29) is 12.5 Å². The lowest BCUT2D eigenvalue weighted by atomic mass is 10.1. The molecule has 0 radical (unpaired) electrons. The van der Waals surface area contributed by atoms with Crippen molar-refractivity contribution in [3.8, 4) is 5.75 Å². The first-order valence-corrected chi connectivity index (χ1v) is 8.39. The minimum atomic E-state index is -1.09. The monoisotopic (exact) mass is 379 g/mol. The van der Waals surface area contributed by atoms with Crippen molar-refractivity contribution in [3.05, 3.63) is 52.4 Å². The Balaban J connectivity index is 2.08. The molecule has 0 saturated heterocycles. The van der Waals surface area contributed by atoms with Crippen molar-refractivity contribution in [2.75, 3.05) is 14.2 Å². The van der Waals surface area contributed by atoms with Crippen LogP contribution in [0.1, 0.15) is 35.7 Å². The van der Waals surface area contributed by atoms with Crippen LogP contribution in [0.25, 0.3) is 0 Å². The summed E-state index contributed by atoms with van der Waals surface area (Å²) >= 11 is 5.86. The number of nitrogens with zero attached hydrogens (tertiary/aromatic N) is 1. The van der Waals surface area contributed by atoms with E-state index in [0.29, 0.717) is 27.9 Å². The number of aryl methyl sites for hydroxylation is 1. The molecule has 0 bridgehead atoms. The van der Waals surface area contributed by atoms with E-state index in [2.05, 4.69) is 0 Å². The number of carbonyl (C=O) groups excluding carboxylic acids is 2. The molecule has 0 spiro atoms. The second-order valence-corrected chi connectivity index (χ2v) is 6.84. The Hall–Kier alpha value is -2.47.